The molecule has 0 aliphatic carbocycles. The van der Waals surface area contributed by atoms with E-state index in [0.29, 0.717) is 9.72 Å². The lowest BCUT2D eigenvalue weighted by Gasteiger charge is -2.33. The Morgan fingerprint density at radius 3 is 2.63 bits per heavy atom. The highest BCUT2D eigenvalue weighted by Crippen LogP contribution is 2.30. The van der Waals surface area contributed by atoms with E-state index in [1.807, 2.05) is 12.1 Å². The van der Waals surface area contributed by atoms with Crippen molar-refractivity contribution < 1.29 is 8.42 Å². The number of halogens is 1. The van der Waals surface area contributed by atoms with Crippen LogP contribution in [0.5, 0.6) is 0 Å². The maximum atomic E-state index is 12.4. The lowest BCUT2D eigenvalue weighted by molar-refractivity contribution is 0.519. The van der Waals surface area contributed by atoms with Gasteiger partial charge in [0.05, 0.1) is 5.69 Å². The van der Waals surface area contributed by atoms with E-state index in [-0.39, 0.29) is 0 Å². The molecule has 1 unspecified atom stereocenters. The molecule has 1 heterocycles. The Morgan fingerprint density at radius 1 is 1.32 bits per heavy atom. The molecular formula is C13H19BrN2O2S. The third-order valence-corrected chi connectivity index (χ3v) is 5.94. The van der Waals surface area contributed by atoms with Gasteiger partial charge in [0.25, 0.3) is 0 Å². The summed E-state index contributed by atoms with van der Waals surface area (Å²) in [6.07, 6.45) is 2.21. The minimum Gasteiger partial charge on any atom is -0.369 e. The van der Waals surface area contributed by atoms with E-state index in [0.717, 1.165) is 31.6 Å². The Bertz CT molecular complexity index is 545. The predicted molar refractivity (Wildman–Crippen MR) is 81.5 cm³/mol. The van der Waals surface area contributed by atoms with Crippen LogP contribution in [0.25, 0.3) is 0 Å². The van der Waals surface area contributed by atoms with Gasteiger partial charge < -0.3 is 4.90 Å². The molecule has 4 nitrogen and oxygen atoms in total. The quantitative estimate of drug-likeness (QED) is 0.788. The van der Waals surface area contributed by atoms with E-state index in [4.69, 9.17) is 0 Å². The highest BCUT2D eigenvalue weighted by molar-refractivity contribution is 9.09. The van der Waals surface area contributed by atoms with Gasteiger partial charge in [-0.2, -0.15) is 0 Å². The van der Waals surface area contributed by atoms with Crippen LogP contribution in [0.4, 0.5) is 5.69 Å². The minimum atomic E-state index is -3.40. The first-order chi connectivity index (χ1) is 8.93. The number of hydrogen-bond acceptors (Lipinski definition) is 3. The Balaban J connectivity index is 2.42. The fourth-order valence-corrected chi connectivity index (χ4v) is 4.06. The van der Waals surface area contributed by atoms with E-state index in [1.165, 1.54) is 4.31 Å². The van der Waals surface area contributed by atoms with Crippen LogP contribution >= 0.6 is 15.9 Å². The van der Waals surface area contributed by atoms with Crippen molar-refractivity contribution >= 4 is 31.6 Å². The molecule has 1 aliphatic rings. The minimum absolute atomic E-state index is 0.390. The molecule has 1 aromatic carbocycles. The first-order valence-electron chi connectivity index (χ1n) is 6.33. The molecule has 6 heteroatoms. The largest absolute Gasteiger partial charge is 0.369 e. The van der Waals surface area contributed by atoms with Crippen molar-refractivity contribution in [2.75, 3.05) is 32.1 Å². The van der Waals surface area contributed by atoms with E-state index in [2.05, 4.69) is 20.8 Å². The number of alkyl halides is 1. The molecule has 19 heavy (non-hydrogen) atoms. The van der Waals surface area contributed by atoms with Gasteiger partial charge in [-0.3, -0.25) is 0 Å². The summed E-state index contributed by atoms with van der Waals surface area (Å²) in [6.45, 7) is 1.75. The Hall–Kier alpha value is -0.590. The average molecular weight is 347 g/mol. The number of hydrogen-bond donors (Lipinski definition) is 0. The molecule has 2 rings (SSSR count). The molecule has 1 saturated heterocycles. The zero-order valence-electron chi connectivity index (χ0n) is 11.2. The van der Waals surface area contributed by atoms with E-state index >= 15 is 0 Å². The number of rotatable bonds is 3. The van der Waals surface area contributed by atoms with Crippen molar-refractivity contribution in [2.24, 2.45) is 0 Å². The second kappa shape index (κ2) is 5.81. The Morgan fingerprint density at radius 2 is 2.00 bits per heavy atom. The molecule has 0 radical (unpaired) electrons. The zero-order valence-corrected chi connectivity index (χ0v) is 13.6. The monoisotopic (exact) mass is 346 g/mol. The first-order valence-corrected chi connectivity index (χ1v) is 8.69. The summed E-state index contributed by atoms with van der Waals surface area (Å²) in [6, 6.07) is 7.24. The molecule has 1 fully saturated rings. The maximum Gasteiger partial charge on any atom is 0.244 e. The van der Waals surface area contributed by atoms with Gasteiger partial charge in [-0.15, -0.1) is 0 Å². The van der Waals surface area contributed by atoms with Gasteiger partial charge in [0.1, 0.15) is 4.90 Å². The van der Waals surface area contributed by atoms with Crippen LogP contribution in [0, 0.1) is 0 Å². The normalized spacial score (nSPS) is 20.8. The molecule has 0 bridgehead atoms. The van der Waals surface area contributed by atoms with Gasteiger partial charge in [-0.25, -0.2) is 12.7 Å². The molecule has 106 valence electrons. The number of sulfonamides is 1. The van der Waals surface area contributed by atoms with Gasteiger partial charge >= 0.3 is 0 Å². The topological polar surface area (TPSA) is 40.6 Å². The average Bonchev–Trinajstić information content (AvgIpc) is 2.38. The molecule has 1 aromatic rings. The van der Waals surface area contributed by atoms with E-state index in [9.17, 15) is 8.42 Å². The maximum absolute atomic E-state index is 12.4. The highest BCUT2D eigenvalue weighted by Gasteiger charge is 2.26. The second-order valence-electron chi connectivity index (χ2n) is 4.94. The summed E-state index contributed by atoms with van der Waals surface area (Å²) < 4.78 is 26.0. The van der Waals surface area contributed by atoms with Crippen LogP contribution in [0.2, 0.25) is 0 Å². The molecule has 0 spiro atoms. The SMILES string of the molecule is CN(C)S(=O)(=O)c1ccccc1N1CCCC(Br)C1. The zero-order chi connectivity index (χ0) is 14.0. The smallest absolute Gasteiger partial charge is 0.244 e. The van der Waals surface area contributed by atoms with Crippen LogP contribution in [0.15, 0.2) is 29.2 Å². The van der Waals surface area contributed by atoms with Crippen LogP contribution in [-0.4, -0.2) is 44.7 Å². The molecule has 0 saturated carbocycles. The van der Waals surface area contributed by atoms with Crippen molar-refractivity contribution in [1.29, 1.82) is 0 Å². The molecule has 0 N–H and O–H groups in total. The fourth-order valence-electron chi connectivity index (χ4n) is 2.28. The summed E-state index contributed by atoms with van der Waals surface area (Å²) in [5.74, 6) is 0. The summed E-state index contributed by atoms with van der Waals surface area (Å²) >= 11 is 3.63. The lowest BCUT2D eigenvalue weighted by atomic mass is 10.1. The van der Waals surface area contributed by atoms with Crippen molar-refractivity contribution in [1.82, 2.24) is 4.31 Å². The highest BCUT2D eigenvalue weighted by atomic mass is 79.9. The van der Waals surface area contributed by atoms with Crippen LogP contribution in [-0.2, 0) is 10.0 Å². The third kappa shape index (κ3) is 3.12. The molecule has 0 amide bonds. The Kier molecular flexibility index (Phi) is 4.53. The molecule has 1 aliphatic heterocycles. The predicted octanol–water partition coefficient (Wildman–Crippen LogP) is 2.30. The third-order valence-electron chi connectivity index (χ3n) is 3.33. The van der Waals surface area contributed by atoms with E-state index in [1.54, 1.807) is 26.2 Å². The standard InChI is InChI=1S/C13H19BrN2O2S/c1-15(2)19(17,18)13-8-4-3-7-12(13)16-9-5-6-11(14)10-16/h3-4,7-8,11H,5-6,9-10H2,1-2H3. The first kappa shape index (κ1) is 14.8. The summed E-state index contributed by atoms with van der Waals surface area (Å²) in [5, 5.41) is 0. The number of piperidine rings is 1. The second-order valence-corrected chi connectivity index (χ2v) is 8.36. The van der Waals surface area contributed by atoms with Gasteiger partial charge in [0.2, 0.25) is 10.0 Å². The summed E-state index contributed by atoms with van der Waals surface area (Å²) in [4.78, 5) is 2.97. The molecule has 0 aromatic heterocycles. The fraction of sp³-hybridized carbons (Fsp3) is 0.538. The number of benzene rings is 1. The van der Waals surface area contributed by atoms with Crippen LogP contribution < -0.4 is 4.90 Å². The number of nitrogens with zero attached hydrogens (tertiary/aromatic N) is 2. The number of anilines is 1. The van der Waals surface area contributed by atoms with Crippen molar-refractivity contribution in [3.63, 3.8) is 0 Å². The van der Waals surface area contributed by atoms with E-state index < -0.39 is 10.0 Å². The Labute approximate surface area is 123 Å². The summed E-state index contributed by atoms with van der Waals surface area (Å²) in [5.41, 5.74) is 0.806. The van der Waals surface area contributed by atoms with Gasteiger partial charge in [-0.05, 0) is 25.0 Å². The van der Waals surface area contributed by atoms with Gasteiger partial charge in [0.15, 0.2) is 0 Å². The van der Waals surface area contributed by atoms with Crippen molar-refractivity contribution in [3.8, 4) is 0 Å². The van der Waals surface area contributed by atoms with Crippen molar-refractivity contribution in [2.45, 2.75) is 22.6 Å². The number of para-hydroxylation sites is 1. The van der Waals surface area contributed by atoms with Crippen LogP contribution in [0.3, 0.4) is 0 Å². The summed E-state index contributed by atoms with van der Waals surface area (Å²) in [7, 11) is -0.268. The molecular weight excluding hydrogens is 328 g/mol. The van der Waals surface area contributed by atoms with Gasteiger partial charge in [-0.1, -0.05) is 28.1 Å². The van der Waals surface area contributed by atoms with Crippen LogP contribution in [0.1, 0.15) is 12.8 Å². The van der Waals surface area contributed by atoms with Gasteiger partial charge in [0, 0.05) is 32.0 Å². The van der Waals surface area contributed by atoms with Crippen molar-refractivity contribution in [3.05, 3.63) is 24.3 Å². The molecule has 1 atom stereocenters. The lowest BCUT2D eigenvalue weighted by Crippen LogP contribution is -2.37.